The predicted octanol–water partition coefficient (Wildman–Crippen LogP) is 2.78. The number of anilines is 1. The van der Waals surface area contributed by atoms with Crippen LogP contribution in [0.1, 0.15) is 5.56 Å². The van der Waals surface area contributed by atoms with E-state index in [0.717, 1.165) is 0 Å². The van der Waals surface area contributed by atoms with E-state index in [-0.39, 0.29) is 12.2 Å². The van der Waals surface area contributed by atoms with Crippen molar-refractivity contribution in [3.8, 4) is 11.8 Å². The molecule has 6 nitrogen and oxygen atoms in total. The molecule has 2 rings (SSSR count). The first kappa shape index (κ1) is 17.8. The molecular formula is C19H16N2O4. The maximum atomic E-state index is 12.1. The molecule has 2 aromatic rings. The van der Waals surface area contributed by atoms with Gasteiger partial charge in [0.2, 0.25) is 0 Å². The molecule has 0 spiro atoms. The number of nitriles is 1. The molecule has 1 amide bonds. The van der Waals surface area contributed by atoms with Gasteiger partial charge in [-0.25, -0.2) is 4.79 Å². The molecule has 0 aliphatic carbocycles. The highest BCUT2D eigenvalue weighted by Gasteiger charge is 2.09. The molecule has 126 valence electrons. The summed E-state index contributed by atoms with van der Waals surface area (Å²) in [7, 11) is 1.28. The zero-order chi connectivity index (χ0) is 18.1. The number of ether oxygens (including phenoxy) is 2. The molecule has 0 aromatic heterocycles. The lowest BCUT2D eigenvalue weighted by Gasteiger charge is -2.05. The van der Waals surface area contributed by atoms with Crippen molar-refractivity contribution in [2.45, 2.75) is 0 Å². The van der Waals surface area contributed by atoms with Gasteiger partial charge in [-0.1, -0.05) is 30.3 Å². The Labute approximate surface area is 145 Å². The first-order valence-corrected chi connectivity index (χ1v) is 7.40. The highest BCUT2D eigenvalue weighted by atomic mass is 16.6. The number of para-hydroxylation sites is 1. The molecule has 2 aromatic carbocycles. The SMILES string of the molecule is COC(=O)COc1ccc(/C=C(/C#N)C(=O)Nc2ccccc2)cc1. The highest BCUT2D eigenvalue weighted by Crippen LogP contribution is 2.15. The first-order valence-electron chi connectivity index (χ1n) is 7.40. The summed E-state index contributed by atoms with van der Waals surface area (Å²) in [6.07, 6.45) is 1.47. The summed E-state index contributed by atoms with van der Waals surface area (Å²) in [5.41, 5.74) is 1.25. The summed E-state index contributed by atoms with van der Waals surface area (Å²) >= 11 is 0. The maximum Gasteiger partial charge on any atom is 0.343 e. The summed E-state index contributed by atoms with van der Waals surface area (Å²) in [5, 5.41) is 11.9. The van der Waals surface area contributed by atoms with Crippen molar-refractivity contribution in [3.05, 3.63) is 65.7 Å². The summed E-state index contributed by atoms with van der Waals surface area (Å²) in [5.74, 6) is -0.483. The second-order valence-electron chi connectivity index (χ2n) is 4.92. The lowest BCUT2D eigenvalue weighted by molar-refractivity contribution is -0.142. The largest absolute Gasteiger partial charge is 0.482 e. The number of carbonyl (C=O) groups is 2. The molecule has 0 saturated heterocycles. The van der Waals surface area contributed by atoms with Crippen molar-refractivity contribution in [1.82, 2.24) is 0 Å². The van der Waals surface area contributed by atoms with E-state index in [2.05, 4.69) is 10.1 Å². The summed E-state index contributed by atoms with van der Waals surface area (Å²) in [6.45, 7) is -0.186. The summed E-state index contributed by atoms with van der Waals surface area (Å²) in [6, 6.07) is 17.4. The molecule has 25 heavy (non-hydrogen) atoms. The van der Waals surface area contributed by atoms with Gasteiger partial charge in [0.1, 0.15) is 17.4 Å². The van der Waals surface area contributed by atoms with Gasteiger partial charge >= 0.3 is 5.97 Å². The van der Waals surface area contributed by atoms with Crippen LogP contribution in [0.4, 0.5) is 5.69 Å². The van der Waals surface area contributed by atoms with E-state index in [1.165, 1.54) is 13.2 Å². The minimum absolute atomic E-state index is 0.0212. The Morgan fingerprint density at radius 3 is 2.40 bits per heavy atom. The number of methoxy groups -OCH3 is 1. The van der Waals surface area contributed by atoms with Crippen LogP contribution in [0.5, 0.6) is 5.75 Å². The van der Waals surface area contributed by atoms with Crippen LogP contribution in [0.2, 0.25) is 0 Å². The van der Waals surface area contributed by atoms with Crippen LogP contribution in [-0.4, -0.2) is 25.6 Å². The molecule has 0 radical (unpaired) electrons. The Balaban J connectivity index is 2.05. The van der Waals surface area contributed by atoms with Crippen molar-refractivity contribution in [1.29, 1.82) is 5.26 Å². The number of nitrogens with zero attached hydrogens (tertiary/aromatic N) is 1. The van der Waals surface area contributed by atoms with Gasteiger partial charge in [-0.15, -0.1) is 0 Å². The fourth-order valence-electron chi connectivity index (χ4n) is 1.90. The number of hydrogen-bond acceptors (Lipinski definition) is 5. The highest BCUT2D eigenvalue weighted by molar-refractivity contribution is 6.09. The van der Waals surface area contributed by atoms with E-state index in [4.69, 9.17) is 4.74 Å². The Morgan fingerprint density at radius 2 is 1.80 bits per heavy atom. The van der Waals surface area contributed by atoms with Crippen molar-refractivity contribution < 1.29 is 19.1 Å². The van der Waals surface area contributed by atoms with Crippen LogP contribution >= 0.6 is 0 Å². The van der Waals surface area contributed by atoms with Gasteiger partial charge < -0.3 is 14.8 Å². The molecule has 0 bridgehead atoms. The Bertz CT molecular complexity index is 806. The Morgan fingerprint density at radius 1 is 1.12 bits per heavy atom. The first-order chi connectivity index (χ1) is 12.1. The number of hydrogen-bond donors (Lipinski definition) is 1. The van der Waals surface area contributed by atoms with Crippen molar-refractivity contribution >= 4 is 23.6 Å². The molecule has 0 saturated carbocycles. The predicted molar refractivity (Wildman–Crippen MR) is 92.6 cm³/mol. The third-order valence-electron chi connectivity index (χ3n) is 3.17. The van der Waals surface area contributed by atoms with Gasteiger partial charge in [-0.2, -0.15) is 5.26 Å². The molecule has 0 atom stereocenters. The minimum atomic E-state index is -0.486. The second-order valence-corrected chi connectivity index (χ2v) is 4.92. The summed E-state index contributed by atoms with van der Waals surface area (Å²) < 4.78 is 9.72. The molecule has 0 fully saturated rings. The van der Waals surface area contributed by atoms with E-state index in [0.29, 0.717) is 17.0 Å². The van der Waals surface area contributed by atoms with Gasteiger partial charge in [-0.3, -0.25) is 4.79 Å². The quantitative estimate of drug-likeness (QED) is 0.498. The maximum absolute atomic E-state index is 12.1. The fourth-order valence-corrected chi connectivity index (χ4v) is 1.90. The van der Waals surface area contributed by atoms with Gasteiger partial charge in [0.05, 0.1) is 7.11 Å². The minimum Gasteiger partial charge on any atom is -0.482 e. The van der Waals surface area contributed by atoms with E-state index in [1.54, 1.807) is 48.5 Å². The normalized spacial score (nSPS) is 10.5. The third-order valence-corrected chi connectivity index (χ3v) is 3.17. The van der Waals surface area contributed by atoms with Crippen LogP contribution in [0.25, 0.3) is 6.08 Å². The molecule has 1 N–H and O–H groups in total. The third kappa shape index (κ3) is 5.52. The van der Waals surface area contributed by atoms with E-state index >= 15 is 0 Å². The van der Waals surface area contributed by atoms with Crippen LogP contribution in [0, 0.1) is 11.3 Å². The molecule has 0 unspecified atom stereocenters. The van der Waals surface area contributed by atoms with Crippen LogP contribution < -0.4 is 10.1 Å². The van der Waals surface area contributed by atoms with Crippen molar-refractivity contribution in [2.75, 3.05) is 19.0 Å². The van der Waals surface area contributed by atoms with Crippen LogP contribution in [-0.2, 0) is 14.3 Å². The zero-order valence-electron chi connectivity index (χ0n) is 13.6. The average Bonchev–Trinajstić information content (AvgIpc) is 2.65. The number of carbonyl (C=O) groups excluding carboxylic acids is 2. The molecule has 0 aliphatic heterocycles. The lowest BCUT2D eigenvalue weighted by Crippen LogP contribution is -2.13. The Kier molecular flexibility index (Phi) is 6.32. The molecule has 6 heteroatoms. The number of rotatable bonds is 6. The van der Waals surface area contributed by atoms with E-state index in [9.17, 15) is 14.9 Å². The zero-order valence-corrected chi connectivity index (χ0v) is 13.6. The van der Waals surface area contributed by atoms with Crippen LogP contribution in [0.15, 0.2) is 60.2 Å². The van der Waals surface area contributed by atoms with Gasteiger partial charge in [0, 0.05) is 5.69 Å². The van der Waals surface area contributed by atoms with Crippen molar-refractivity contribution in [3.63, 3.8) is 0 Å². The average molecular weight is 336 g/mol. The van der Waals surface area contributed by atoms with E-state index in [1.807, 2.05) is 12.1 Å². The van der Waals surface area contributed by atoms with Gasteiger partial charge in [-0.05, 0) is 35.9 Å². The molecule has 0 heterocycles. The number of benzene rings is 2. The van der Waals surface area contributed by atoms with Crippen LogP contribution in [0.3, 0.4) is 0 Å². The number of nitrogens with one attached hydrogen (secondary N) is 1. The number of esters is 1. The van der Waals surface area contributed by atoms with Gasteiger partial charge in [0.15, 0.2) is 6.61 Å². The monoisotopic (exact) mass is 336 g/mol. The lowest BCUT2D eigenvalue weighted by atomic mass is 10.1. The van der Waals surface area contributed by atoms with Crippen molar-refractivity contribution in [2.24, 2.45) is 0 Å². The standard InChI is InChI=1S/C19H16N2O4/c1-24-18(22)13-25-17-9-7-14(8-10-17)11-15(12-20)19(23)21-16-5-3-2-4-6-16/h2-11H,13H2,1H3,(H,21,23)/b15-11-. The fraction of sp³-hybridized carbons (Fsp3) is 0.105. The Hall–Kier alpha value is -3.59. The summed E-state index contributed by atoms with van der Waals surface area (Å²) in [4.78, 5) is 23.2. The van der Waals surface area contributed by atoms with E-state index < -0.39 is 11.9 Å². The topological polar surface area (TPSA) is 88.4 Å². The smallest absolute Gasteiger partial charge is 0.343 e. The molecule has 0 aliphatic rings. The van der Waals surface area contributed by atoms with Gasteiger partial charge in [0.25, 0.3) is 5.91 Å². The number of amides is 1. The molecular weight excluding hydrogens is 320 g/mol. The second kappa shape index (κ2) is 8.89.